The molecule has 0 bridgehead atoms. The first kappa shape index (κ1) is 14.7. The van der Waals surface area contributed by atoms with Gasteiger partial charge < -0.3 is 5.32 Å². The van der Waals surface area contributed by atoms with Crippen molar-refractivity contribution < 1.29 is 0 Å². The fourth-order valence-corrected chi connectivity index (χ4v) is 3.64. The predicted octanol–water partition coefficient (Wildman–Crippen LogP) is 4.54. The summed E-state index contributed by atoms with van der Waals surface area (Å²) in [5.41, 5.74) is 1.11. The summed E-state index contributed by atoms with van der Waals surface area (Å²) < 4.78 is 1.12. The van der Waals surface area contributed by atoms with Crippen molar-refractivity contribution in [3.8, 4) is 10.7 Å². The summed E-state index contributed by atoms with van der Waals surface area (Å²) in [5.74, 6) is 1.75. The van der Waals surface area contributed by atoms with Crippen molar-refractivity contribution in [2.75, 3.05) is 11.9 Å². The van der Waals surface area contributed by atoms with E-state index in [2.05, 4.69) is 72.0 Å². The van der Waals surface area contributed by atoms with Crippen molar-refractivity contribution >= 4 is 39.7 Å². The van der Waals surface area contributed by atoms with Gasteiger partial charge in [-0.3, -0.25) is 0 Å². The molecule has 1 N–H and O–H groups in total. The molecule has 0 unspecified atom stereocenters. The van der Waals surface area contributed by atoms with Gasteiger partial charge in [-0.05, 0) is 41.0 Å². The average molecular weight is 387 g/mol. The summed E-state index contributed by atoms with van der Waals surface area (Å²) in [5, 5.41) is 5.39. The molecule has 0 saturated carbocycles. The van der Waals surface area contributed by atoms with E-state index in [4.69, 9.17) is 4.98 Å². The number of thiophene rings is 1. The molecule has 5 heteroatoms. The topological polar surface area (TPSA) is 37.8 Å². The number of rotatable bonds is 3. The van der Waals surface area contributed by atoms with Crippen LogP contribution in [0.5, 0.6) is 0 Å². The Kier molecular flexibility index (Phi) is 4.45. The van der Waals surface area contributed by atoms with Crippen LogP contribution in [-0.4, -0.2) is 16.5 Å². The first-order valence-corrected chi connectivity index (χ1v) is 8.25. The number of aromatic nitrogens is 2. The van der Waals surface area contributed by atoms with Gasteiger partial charge in [0.1, 0.15) is 5.82 Å². The molecule has 0 aromatic carbocycles. The van der Waals surface area contributed by atoms with Gasteiger partial charge in [-0.2, -0.15) is 0 Å². The number of nitrogens with one attached hydrogen (secondary N) is 1. The van der Waals surface area contributed by atoms with E-state index in [0.717, 1.165) is 32.3 Å². The van der Waals surface area contributed by atoms with Crippen LogP contribution in [0, 0.1) is 3.57 Å². The third-order valence-corrected chi connectivity index (χ3v) is 4.54. The highest BCUT2D eigenvalue weighted by Gasteiger charge is 2.23. The fourth-order valence-electron chi connectivity index (χ4n) is 1.74. The summed E-state index contributed by atoms with van der Waals surface area (Å²) in [6.45, 7) is 9.50. The lowest BCUT2D eigenvalue weighted by Crippen LogP contribution is -2.18. The van der Waals surface area contributed by atoms with Crippen LogP contribution in [0.3, 0.4) is 0 Å². The lowest BCUT2D eigenvalue weighted by atomic mass is 9.92. The second-order valence-corrected chi connectivity index (χ2v) is 7.34. The zero-order valence-electron chi connectivity index (χ0n) is 11.6. The zero-order chi connectivity index (χ0) is 14.0. The molecule has 0 amide bonds. The molecule has 0 aliphatic carbocycles. The molecule has 2 heterocycles. The summed E-state index contributed by atoms with van der Waals surface area (Å²) in [6.07, 6.45) is 0. The van der Waals surface area contributed by atoms with Crippen LogP contribution in [0.1, 0.15) is 33.4 Å². The Morgan fingerprint density at radius 3 is 2.58 bits per heavy atom. The smallest absolute Gasteiger partial charge is 0.171 e. The van der Waals surface area contributed by atoms with E-state index in [1.165, 1.54) is 0 Å². The van der Waals surface area contributed by atoms with Gasteiger partial charge in [0.05, 0.1) is 14.1 Å². The highest BCUT2D eigenvalue weighted by Crippen LogP contribution is 2.32. The molecule has 0 fully saturated rings. The van der Waals surface area contributed by atoms with Crippen LogP contribution >= 0.6 is 33.9 Å². The first-order chi connectivity index (χ1) is 8.93. The molecule has 0 saturated heterocycles. The van der Waals surface area contributed by atoms with Crippen molar-refractivity contribution in [2.45, 2.75) is 33.1 Å². The van der Waals surface area contributed by atoms with Gasteiger partial charge in [-0.25, -0.2) is 9.97 Å². The van der Waals surface area contributed by atoms with Gasteiger partial charge in [0.25, 0.3) is 0 Å². The maximum absolute atomic E-state index is 4.78. The van der Waals surface area contributed by atoms with E-state index in [0.29, 0.717) is 0 Å². The summed E-state index contributed by atoms with van der Waals surface area (Å²) >= 11 is 4.01. The Bertz CT molecular complexity index is 559. The average Bonchev–Trinajstić information content (AvgIpc) is 2.84. The molecule has 102 valence electrons. The van der Waals surface area contributed by atoms with Crippen molar-refractivity contribution in [1.29, 1.82) is 0 Å². The first-order valence-electron chi connectivity index (χ1n) is 6.29. The highest BCUT2D eigenvalue weighted by molar-refractivity contribution is 14.1. The van der Waals surface area contributed by atoms with Gasteiger partial charge in [0.2, 0.25) is 0 Å². The molecule has 0 aliphatic heterocycles. The molecule has 2 aromatic heterocycles. The Balaban J connectivity index is 2.61. The van der Waals surface area contributed by atoms with Crippen LogP contribution in [0.25, 0.3) is 10.7 Å². The summed E-state index contributed by atoms with van der Waals surface area (Å²) in [6, 6.07) is 4.10. The second kappa shape index (κ2) is 5.75. The van der Waals surface area contributed by atoms with Gasteiger partial charge in [0, 0.05) is 12.0 Å². The largest absolute Gasteiger partial charge is 0.369 e. The standard InChI is InChI=1S/C14H18IN3S/c1-5-16-13-10(15)11(14(2,3)4)17-12(18-13)9-7-6-8-19-9/h6-8H,5H2,1-4H3,(H,16,17,18). The normalized spacial score (nSPS) is 11.6. The minimum atomic E-state index is 0.00957. The molecule has 0 atom stereocenters. The van der Waals surface area contributed by atoms with E-state index in [9.17, 15) is 0 Å². The Morgan fingerprint density at radius 2 is 2.05 bits per heavy atom. The van der Waals surface area contributed by atoms with Crippen LogP contribution in [0.15, 0.2) is 17.5 Å². The predicted molar refractivity (Wildman–Crippen MR) is 90.9 cm³/mol. The molecule has 0 spiro atoms. The third kappa shape index (κ3) is 3.25. The Morgan fingerprint density at radius 1 is 1.32 bits per heavy atom. The van der Waals surface area contributed by atoms with Crippen LogP contribution < -0.4 is 5.32 Å². The summed E-state index contributed by atoms with van der Waals surface area (Å²) in [4.78, 5) is 10.6. The Hall–Kier alpha value is -0.690. The molecular weight excluding hydrogens is 369 g/mol. The van der Waals surface area contributed by atoms with E-state index >= 15 is 0 Å². The number of halogens is 1. The highest BCUT2D eigenvalue weighted by atomic mass is 127. The maximum Gasteiger partial charge on any atom is 0.171 e. The molecule has 0 radical (unpaired) electrons. The minimum Gasteiger partial charge on any atom is -0.369 e. The molecule has 19 heavy (non-hydrogen) atoms. The van der Waals surface area contributed by atoms with E-state index < -0.39 is 0 Å². The van der Waals surface area contributed by atoms with Crippen LogP contribution in [-0.2, 0) is 5.41 Å². The molecule has 2 aromatic rings. The molecule has 2 rings (SSSR count). The number of hydrogen-bond donors (Lipinski definition) is 1. The monoisotopic (exact) mass is 387 g/mol. The minimum absolute atomic E-state index is 0.00957. The van der Waals surface area contributed by atoms with Gasteiger partial charge >= 0.3 is 0 Å². The van der Waals surface area contributed by atoms with Gasteiger partial charge in [-0.1, -0.05) is 26.8 Å². The van der Waals surface area contributed by atoms with Gasteiger partial charge in [0.15, 0.2) is 5.82 Å². The lowest BCUT2D eigenvalue weighted by molar-refractivity contribution is 0.564. The Labute approximate surface area is 132 Å². The lowest BCUT2D eigenvalue weighted by Gasteiger charge is -2.21. The second-order valence-electron chi connectivity index (χ2n) is 5.32. The maximum atomic E-state index is 4.78. The van der Waals surface area contributed by atoms with Crippen molar-refractivity contribution in [3.63, 3.8) is 0 Å². The quantitative estimate of drug-likeness (QED) is 0.786. The SMILES string of the molecule is CCNc1nc(-c2cccs2)nc(C(C)(C)C)c1I. The molecular formula is C14H18IN3S. The van der Waals surface area contributed by atoms with Gasteiger partial charge in [-0.15, -0.1) is 11.3 Å². The summed E-state index contributed by atoms with van der Waals surface area (Å²) in [7, 11) is 0. The van der Waals surface area contributed by atoms with Crippen molar-refractivity contribution in [1.82, 2.24) is 9.97 Å². The van der Waals surface area contributed by atoms with E-state index in [-0.39, 0.29) is 5.41 Å². The van der Waals surface area contributed by atoms with E-state index in [1.807, 2.05) is 6.07 Å². The van der Waals surface area contributed by atoms with Crippen LogP contribution in [0.2, 0.25) is 0 Å². The van der Waals surface area contributed by atoms with Crippen LogP contribution in [0.4, 0.5) is 5.82 Å². The number of anilines is 1. The fraction of sp³-hybridized carbons (Fsp3) is 0.429. The third-order valence-electron chi connectivity index (χ3n) is 2.65. The molecule has 0 aliphatic rings. The zero-order valence-corrected chi connectivity index (χ0v) is 14.6. The molecule has 3 nitrogen and oxygen atoms in total. The number of nitrogens with zero attached hydrogens (tertiary/aromatic N) is 2. The number of hydrogen-bond acceptors (Lipinski definition) is 4. The van der Waals surface area contributed by atoms with Crippen molar-refractivity contribution in [3.05, 3.63) is 26.8 Å². The van der Waals surface area contributed by atoms with Crippen molar-refractivity contribution in [2.24, 2.45) is 0 Å². The van der Waals surface area contributed by atoms with E-state index in [1.54, 1.807) is 11.3 Å².